The van der Waals surface area contributed by atoms with Crippen LogP contribution in [0.3, 0.4) is 0 Å². The monoisotopic (exact) mass is 527 g/mol. The molecule has 4 saturated carbocycles. The van der Waals surface area contributed by atoms with Gasteiger partial charge in [0, 0.05) is 43.5 Å². The average Bonchev–Trinajstić information content (AvgIpc) is 3.61. The highest BCUT2D eigenvalue weighted by Gasteiger charge is 2.86. The van der Waals surface area contributed by atoms with Crippen molar-refractivity contribution in [2.75, 3.05) is 32.9 Å². The zero-order chi connectivity index (χ0) is 26.3. The lowest BCUT2D eigenvalue weighted by atomic mass is 9.43. The summed E-state index contributed by atoms with van der Waals surface area (Å²) in [6, 6.07) is 3.86. The van der Waals surface area contributed by atoms with E-state index in [1.54, 1.807) is 6.07 Å². The van der Waals surface area contributed by atoms with Crippen molar-refractivity contribution >= 4 is 5.97 Å². The highest BCUT2D eigenvalue weighted by atomic mass is 16.7. The summed E-state index contributed by atoms with van der Waals surface area (Å²) in [4.78, 5) is 26.7. The molecule has 10 atom stereocenters. The maximum Gasteiger partial charge on any atom is 0.335 e. The van der Waals surface area contributed by atoms with Crippen LogP contribution in [-0.4, -0.2) is 72.7 Å². The van der Waals surface area contributed by atoms with E-state index in [9.17, 15) is 14.7 Å². The van der Waals surface area contributed by atoms with Crippen LogP contribution >= 0.6 is 0 Å². The summed E-state index contributed by atoms with van der Waals surface area (Å²) in [5.74, 6) is 0.951. The molecule has 1 aromatic heterocycles. The highest BCUT2D eigenvalue weighted by molar-refractivity contribution is 5.66. The van der Waals surface area contributed by atoms with Crippen molar-refractivity contribution in [3.05, 3.63) is 34.4 Å². The first kappa shape index (κ1) is 25.2. The summed E-state index contributed by atoms with van der Waals surface area (Å²) in [7, 11) is 0. The maximum atomic E-state index is 12.2. The number of aliphatic hydroxyl groups is 1. The van der Waals surface area contributed by atoms with E-state index >= 15 is 0 Å². The topological polar surface area (TPSA) is 102 Å². The zero-order valence-corrected chi connectivity index (χ0v) is 22.6. The normalized spacial score (nSPS) is 47.8. The number of epoxide rings is 1. The summed E-state index contributed by atoms with van der Waals surface area (Å²) in [6.45, 7) is 7.74. The Morgan fingerprint density at radius 2 is 1.95 bits per heavy atom. The minimum atomic E-state index is -0.562. The number of hydrogen-bond acceptors (Lipinski definition) is 8. The van der Waals surface area contributed by atoms with Crippen LogP contribution < -0.4 is 5.63 Å². The number of carbonyl (C=O) groups is 1. The fourth-order valence-corrected chi connectivity index (χ4v) is 10.4. The molecule has 2 saturated heterocycles. The van der Waals surface area contributed by atoms with Gasteiger partial charge in [-0.25, -0.2) is 4.79 Å². The Morgan fingerprint density at radius 3 is 2.66 bits per heavy atom. The standard InChI is InChI=1S/C30H41NO7/c1-18(33)37-26-25(19-3-6-24(34)36-16-19)29(17-32)10-8-22-23(30(29)27(26)38-30)5-4-20-15-21(7-9-28(20,22)2)31-11-13-35-14-12-31/h3,6,16,20-23,25-27,32H,4-5,7-15,17H2,1-2H3. The highest BCUT2D eigenvalue weighted by Crippen LogP contribution is 2.78. The van der Waals surface area contributed by atoms with Crippen LogP contribution in [0.25, 0.3) is 0 Å². The van der Waals surface area contributed by atoms with Crippen LogP contribution in [0.2, 0.25) is 0 Å². The second-order valence-electron chi connectivity index (χ2n) is 13.2. The molecule has 7 rings (SSSR count). The Labute approximate surface area is 224 Å². The van der Waals surface area contributed by atoms with Crippen molar-refractivity contribution in [2.24, 2.45) is 28.6 Å². The van der Waals surface area contributed by atoms with Crippen LogP contribution in [0.5, 0.6) is 0 Å². The fraction of sp³-hybridized carbons (Fsp3) is 0.800. The average molecular weight is 528 g/mol. The Bertz CT molecular complexity index is 1130. The molecule has 0 radical (unpaired) electrons. The summed E-state index contributed by atoms with van der Waals surface area (Å²) < 4.78 is 23.5. The fourth-order valence-electron chi connectivity index (χ4n) is 10.4. The first-order valence-corrected chi connectivity index (χ1v) is 14.7. The summed E-state index contributed by atoms with van der Waals surface area (Å²) in [5.41, 5.74) is -0.405. The van der Waals surface area contributed by atoms with E-state index in [0.717, 1.165) is 51.1 Å². The van der Waals surface area contributed by atoms with Crippen LogP contribution in [0, 0.1) is 28.6 Å². The Hall–Kier alpha value is -1.74. The molecule has 1 aromatic rings. The largest absolute Gasteiger partial charge is 0.459 e. The molecule has 10 unspecified atom stereocenters. The van der Waals surface area contributed by atoms with Crippen molar-refractivity contribution in [3.63, 3.8) is 0 Å². The van der Waals surface area contributed by atoms with E-state index in [1.165, 1.54) is 44.9 Å². The van der Waals surface area contributed by atoms with Gasteiger partial charge in [-0.3, -0.25) is 9.69 Å². The lowest BCUT2D eigenvalue weighted by Crippen LogP contribution is -2.61. The second-order valence-corrected chi connectivity index (χ2v) is 13.2. The first-order valence-electron chi connectivity index (χ1n) is 14.7. The van der Waals surface area contributed by atoms with Crippen molar-refractivity contribution in [1.29, 1.82) is 0 Å². The van der Waals surface area contributed by atoms with Gasteiger partial charge in [-0.05, 0) is 79.7 Å². The molecular formula is C30H41NO7. The number of morpholine rings is 1. The molecule has 1 spiro atoms. The number of ether oxygens (including phenoxy) is 3. The molecule has 6 aliphatic rings. The Kier molecular flexibility index (Phi) is 5.90. The van der Waals surface area contributed by atoms with E-state index in [4.69, 9.17) is 18.6 Å². The maximum absolute atomic E-state index is 12.2. The molecule has 1 N–H and O–H groups in total. The molecule has 6 fully saturated rings. The van der Waals surface area contributed by atoms with Gasteiger partial charge in [0.2, 0.25) is 0 Å². The zero-order valence-electron chi connectivity index (χ0n) is 22.6. The van der Waals surface area contributed by atoms with Crippen LogP contribution in [0.4, 0.5) is 0 Å². The minimum Gasteiger partial charge on any atom is -0.459 e. The molecule has 3 heterocycles. The number of hydrogen-bond donors (Lipinski definition) is 1. The van der Waals surface area contributed by atoms with E-state index in [-0.39, 0.29) is 30.0 Å². The molecule has 8 heteroatoms. The quantitative estimate of drug-likeness (QED) is 0.471. The molecule has 38 heavy (non-hydrogen) atoms. The number of esters is 1. The predicted octanol–water partition coefficient (Wildman–Crippen LogP) is 3.11. The van der Waals surface area contributed by atoms with E-state index < -0.39 is 22.7 Å². The molecular weight excluding hydrogens is 486 g/mol. The molecule has 0 aromatic carbocycles. The van der Waals surface area contributed by atoms with Gasteiger partial charge in [0.15, 0.2) is 0 Å². The smallest absolute Gasteiger partial charge is 0.335 e. The summed E-state index contributed by atoms with van der Waals surface area (Å²) in [5, 5.41) is 11.1. The van der Waals surface area contributed by atoms with Crippen molar-refractivity contribution < 1.29 is 28.5 Å². The lowest BCUT2D eigenvalue weighted by Gasteiger charge is -2.62. The molecule has 4 aliphatic carbocycles. The van der Waals surface area contributed by atoms with Crippen LogP contribution in [0.15, 0.2) is 27.6 Å². The van der Waals surface area contributed by atoms with Crippen LogP contribution in [0.1, 0.15) is 70.3 Å². The third kappa shape index (κ3) is 3.36. The van der Waals surface area contributed by atoms with Gasteiger partial charge in [0.1, 0.15) is 17.8 Å². The van der Waals surface area contributed by atoms with E-state index in [0.29, 0.717) is 23.8 Å². The van der Waals surface area contributed by atoms with Crippen LogP contribution in [-0.2, 0) is 19.0 Å². The third-order valence-electron chi connectivity index (χ3n) is 12.0. The molecule has 8 nitrogen and oxygen atoms in total. The van der Waals surface area contributed by atoms with E-state index in [2.05, 4.69) is 11.8 Å². The van der Waals surface area contributed by atoms with Gasteiger partial charge in [0.25, 0.3) is 0 Å². The number of rotatable bonds is 4. The van der Waals surface area contributed by atoms with Gasteiger partial charge in [-0.15, -0.1) is 0 Å². The number of carbonyl (C=O) groups excluding carboxylic acids is 1. The third-order valence-corrected chi connectivity index (χ3v) is 12.0. The van der Waals surface area contributed by atoms with Gasteiger partial charge in [0.05, 0.1) is 26.1 Å². The number of nitrogens with zero attached hydrogens (tertiary/aromatic N) is 1. The molecule has 0 amide bonds. The van der Waals surface area contributed by atoms with E-state index in [1.807, 2.05) is 0 Å². The van der Waals surface area contributed by atoms with Crippen molar-refractivity contribution in [1.82, 2.24) is 4.90 Å². The first-order chi connectivity index (χ1) is 18.3. The SMILES string of the molecule is CC(=O)OC1C(c2ccc(=O)oc2)C2(CO)CCC3C(CCC4CC(N5CCOCC5)CCC43C)C23OC13. The predicted molar refractivity (Wildman–Crippen MR) is 137 cm³/mol. The molecule has 0 bridgehead atoms. The van der Waals surface area contributed by atoms with Crippen molar-refractivity contribution in [3.8, 4) is 0 Å². The molecule has 208 valence electrons. The van der Waals surface area contributed by atoms with Gasteiger partial charge < -0.3 is 23.7 Å². The van der Waals surface area contributed by atoms with Crippen molar-refractivity contribution in [2.45, 2.75) is 88.6 Å². The Morgan fingerprint density at radius 1 is 1.13 bits per heavy atom. The number of fused-ring (bicyclic) bond motifs is 3. The lowest BCUT2D eigenvalue weighted by molar-refractivity contribution is -0.166. The van der Waals surface area contributed by atoms with Gasteiger partial charge >= 0.3 is 11.6 Å². The van der Waals surface area contributed by atoms with Gasteiger partial charge in [-0.2, -0.15) is 0 Å². The molecule has 2 aliphatic heterocycles. The second kappa shape index (κ2) is 8.88. The summed E-state index contributed by atoms with van der Waals surface area (Å²) in [6.07, 6.45) is 8.64. The number of aliphatic hydroxyl groups excluding tert-OH is 1. The Balaban J connectivity index is 1.21. The minimum absolute atomic E-state index is 0.0342. The van der Waals surface area contributed by atoms with Gasteiger partial charge in [-0.1, -0.05) is 6.92 Å². The summed E-state index contributed by atoms with van der Waals surface area (Å²) >= 11 is 0.